The number of methoxy groups -OCH3 is 1. The van der Waals surface area contributed by atoms with Gasteiger partial charge in [0, 0.05) is 6.54 Å². The number of carbonyl (C=O) groups excluding carboxylic acids is 1. The summed E-state index contributed by atoms with van der Waals surface area (Å²) in [6, 6.07) is 3.83. The lowest BCUT2D eigenvalue weighted by Gasteiger charge is -2.38. The van der Waals surface area contributed by atoms with E-state index < -0.39 is 5.41 Å². The Morgan fingerprint density at radius 2 is 2.05 bits per heavy atom. The molecule has 3 N–H and O–H groups in total. The molecule has 1 aromatic rings. The van der Waals surface area contributed by atoms with Crippen molar-refractivity contribution in [3.05, 3.63) is 23.3 Å². The molecule has 19 heavy (non-hydrogen) atoms. The van der Waals surface area contributed by atoms with Gasteiger partial charge in [-0.25, -0.2) is 0 Å². The minimum atomic E-state index is -0.593. The highest BCUT2D eigenvalue weighted by Crippen LogP contribution is 2.32. The molecule has 0 aliphatic carbocycles. The molecule has 0 radical (unpaired) electrons. The van der Waals surface area contributed by atoms with Crippen LogP contribution in [0.5, 0.6) is 5.75 Å². The lowest BCUT2D eigenvalue weighted by Crippen LogP contribution is -2.56. The normalized spacial score (nSPS) is 16.6. The molecule has 2 rings (SSSR count). The van der Waals surface area contributed by atoms with E-state index in [0.29, 0.717) is 24.7 Å². The summed E-state index contributed by atoms with van der Waals surface area (Å²) in [5.41, 5.74) is 7.98. The van der Waals surface area contributed by atoms with Gasteiger partial charge in [-0.1, -0.05) is 0 Å². The van der Waals surface area contributed by atoms with E-state index in [4.69, 9.17) is 15.2 Å². The molecule has 1 heterocycles. The van der Waals surface area contributed by atoms with E-state index in [2.05, 4.69) is 5.32 Å². The number of hydrogen-bond donors (Lipinski definition) is 2. The highest BCUT2D eigenvalue weighted by Gasteiger charge is 2.44. The first-order valence-corrected chi connectivity index (χ1v) is 6.27. The second-order valence-corrected chi connectivity index (χ2v) is 5.07. The molecule has 0 saturated carbocycles. The van der Waals surface area contributed by atoms with Crippen molar-refractivity contribution in [2.75, 3.05) is 32.2 Å². The number of ether oxygens (including phenoxy) is 2. The molecule has 0 spiro atoms. The van der Waals surface area contributed by atoms with Crippen LogP contribution in [0.2, 0.25) is 0 Å². The molecule has 1 aliphatic heterocycles. The van der Waals surface area contributed by atoms with Crippen LogP contribution in [0.3, 0.4) is 0 Å². The number of nitrogens with one attached hydrogen (secondary N) is 1. The van der Waals surface area contributed by atoms with Gasteiger partial charge in [0.25, 0.3) is 0 Å². The van der Waals surface area contributed by atoms with Crippen LogP contribution in [0.25, 0.3) is 0 Å². The maximum atomic E-state index is 12.3. The third-order valence-corrected chi connectivity index (χ3v) is 3.69. The Morgan fingerprint density at radius 3 is 2.53 bits per heavy atom. The number of anilines is 1. The predicted octanol–water partition coefficient (Wildman–Crippen LogP) is 1.23. The number of hydrogen-bond acceptors (Lipinski definition) is 4. The highest BCUT2D eigenvalue weighted by atomic mass is 16.5. The fourth-order valence-corrected chi connectivity index (χ4v) is 2.00. The van der Waals surface area contributed by atoms with Gasteiger partial charge >= 0.3 is 0 Å². The van der Waals surface area contributed by atoms with Gasteiger partial charge in [-0.05, 0) is 37.1 Å². The first kappa shape index (κ1) is 13.8. The van der Waals surface area contributed by atoms with Crippen LogP contribution in [0, 0.1) is 19.3 Å². The summed E-state index contributed by atoms with van der Waals surface area (Å²) in [6.07, 6.45) is 0. The fraction of sp³-hybridized carbons (Fsp3) is 0.500. The van der Waals surface area contributed by atoms with Gasteiger partial charge in [0.15, 0.2) is 0 Å². The molecular formula is C14H20N2O3. The molecule has 104 valence electrons. The zero-order chi connectivity index (χ0) is 14.0. The molecule has 1 aliphatic rings. The molecule has 5 nitrogen and oxygen atoms in total. The Kier molecular flexibility index (Phi) is 3.78. The van der Waals surface area contributed by atoms with Gasteiger partial charge in [0.05, 0.1) is 26.0 Å². The topological polar surface area (TPSA) is 73.6 Å². The van der Waals surface area contributed by atoms with Crippen LogP contribution in [-0.2, 0) is 9.53 Å². The van der Waals surface area contributed by atoms with Gasteiger partial charge < -0.3 is 20.5 Å². The number of amides is 1. The third kappa shape index (κ3) is 2.43. The number of carbonyl (C=O) groups is 1. The van der Waals surface area contributed by atoms with Crippen LogP contribution >= 0.6 is 0 Å². The van der Waals surface area contributed by atoms with Crippen molar-refractivity contribution in [1.82, 2.24) is 0 Å². The molecule has 1 amide bonds. The summed E-state index contributed by atoms with van der Waals surface area (Å²) in [4.78, 5) is 12.3. The Hall–Kier alpha value is -1.59. The van der Waals surface area contributed by atoms with Crippen LogP contribution in [-0.4, -0.2) is 32.8 Å². The molecule has 0 unspecified atom stereocenters. The van der Waals surface area contributed by atoms with Crippen molar-refractivity contribution in [1.29, 1.82) is 0 Å². The Bertz CT molecular complexity index is 490. The SMILES string of the molecule is COc1cc(C)c(C)cc1NC(=O)C1(CN)COC1. The third-order valence-electron chi connectivity index (χ3n) is 3.69. The van der Waals surface area contributed by atoms with Crippen molar-refractivity contribution in [2.24, 2.45) is 11.1 Å². The first-order chi connectivity index (χ1) is 9.02. The van der Waals surface area contributed by atoms with Crippen LogP contribution in [0.4, 0.5) is 5.69 Å². The van der Waals surface area contributed by atoms with Crippen molar-refractivity contribution in [3.8, 4) is 5.75 Å². The maximum Gasteiger partial charge on any atom is 0.236 e. The Morgan fingerprint density at radius 1 is 1.42 bits per heavy atom. The van der Waals surface area contributed by atoms with E-state index in [9.17, 15) is 4.79 Å². The minimum absolute atomic E-state index is 0.109. The van der Waals surface area contributed by atoms with Crippen molar-refractivity contribution in [3.63, 3.8) is 0 Å². The van der Waals surface area contributed by atoms with E-state index in [1.807, 2.05) is 26.0 Å². The average molecular weight is 264 g/mol. The van der Waals surface area contributed by atoms with E-state index in [1.54, 1.807) is 7.11 Å². The highest BCUT2D eigenvalue weighted by molar-refractivity contribution is 5.97. The predicted molar refractivity (Wildman–Crippen MR) is 73.4 cm³/mol. The summed E-state index contributed by atoms with van der Waals surface area (Å²) in [5, 5.41) is 2.90. The summed E-state index contributed by atoms with van der Waals surface area (Å²) in [7, 11) is 1.59. The van der Waals surface area contributed by atoms with Crippen molar-refractivity contribution >= 4 is 11.6 Å². The molecule has 1 fully saturated rings. The van der Waals surface area contributed by atoms with E-state index in [0.717, 1.165) is 11.1 Å². The van der Waals surface area contributed by atoms with Crippen LogP contribution in [0.15, 0.2) is 12.1 Å². The van der Waals surface area contributed by atoms with E-state index in [-0.39, 0.29) is 12.5 Å². The van der Waals surface area contributed by atoms with Gasteiger partial charge in [0.1, 0.15) is 11.2 Å². The number of aryl methyl sites for hydroxylation is 2. The Labute approximate surface area is 113 Å². The summed E-state index contributed by atoms with van der Waals surface area (Å²) < 4.78 is 10.4. The monoisotopic (exact) mass is 264 g/mol. The number of nitrogens with two attached hydrogens (primary N) is 1. The summed E-state index contributed by atoms with van der Waals surface area (Å²) >= 11 is 0. The molecule has 0 bridgehead atoms. The quantitative estimate of drug-likeness (QED) is 0.857. The second kappa shape index (κ2) is 5.19. The largest absolute Gasteiger partial charge is 0.495 e. The summed E-state index contributed by atoms with van der Waals surface area (Å²) in [5.74, 6) is 0.548. The Balaban J connectivity index is 2.23. The van der Waals surface area contributed by atoms with Gasteiger partial charge in [-0.3, -0.25) is 4.79 Å². The maximum absolute atomic E-state index is 12.3. The van der Waals surface area contributed by atoms with Crippen molar-refractivity contribution in [2.45, 2.75) is 13.8 Å². The average Bonchev–Trinajstić information content (AvgIpc) is 2.33. The number of benzene rings is 1. The smallest absolute Gasteiger partial charge is 0.236 e. The van der Waals surface area contributed by atoms with Gasteiger partial charge in [0.2, 0.25) is 5.91 Å². The molecule has 0 atom stereocenters. The minimum Gasteiger partial charge on any atom is -0.495 e. The molecule has 0 aromatic heterocycles. The zero-order valence-corrected chi connectivity index (χ0v) is 11.6. The zero-order valence-electron chi connectivity index (χ0n) is 11.6. The van der Waals surface area contributed by atoms with E-state index >= 15 is 0 Å². The molecule has 5 heteroatoms. The first-order valence-electron chi connectivity index (χ1n) is 6.27. The van der Waals surface area contributed by atoms with Crippen LogP contribution < -0.4 is 15.8 Å². The number of rotatable bonds is 4. The standard InChI is InChI=1S/C14H20N2O3/c1-9-4-11(12(18-3)5-10(9)2)16-13(17)14(6-15)7-19-8-14/h4-5H,6-8,15H2,1-3H3,(H,16,17). The molecular weight excluding hydrogens is 244 g/mol. The molecule has 1 aromatic carbocycles. The lowest BCUT2D eigenvalue weighted by atomic mass is 9.85. The van der Waals surface area contributed by atoms with Crippen LogP contribution in [0.1, 0.15) is 11.1 Å². The second-order valence-electron chi connectivity index (χ2n) is 5.07. The fourth-order valence-electron chi connectivity index (χ4n) is 2.00. The molecule has 1 saturated heterocycles. The van der Waals surface area contributed by atoms with E-state index in [1.165, 1.54) is 0 Å². The van der Waals surface area contributed by atoms with Gasteiger partial charge in [-0.15, -0.1) is 0 Å². The lowest BCUT2D eigenvalue weighted by molar-refractivity contribution is -0.153. The van der Waals surface area contributed by atoms with Crippen molar-refractivity contribution < 1.29 is 14.3 Å². The summed E-state index contributed by atoms with van der Waals surface area (Å²) in [6.45, 7) is 5.04. The van der Waals surface area contributed by atoms with Gasteiger partial charge in [-0.2, -0.15) is 0 Å².